The predicted molar refractivity (Wildman–Crippen MR) is 163 cm³/mol. The first-order chi connectivity index (χ1) is 20.5. The van der Waals surface area contributed by atoms with Crippen LogP contribution in [0.2, 0.25) is 0 Å². The van der Waals surface area contributed by atoms with Crippen LogP contribution in [0.4, 0.5) is 0 Å². The Morgan fingerprint density at radius 1 is 0.837 bits per heavy atom. The molecule has 10 N–H and O–H groups in total. The Morgan fingerprint density at radius 3 is 2.12 bits per heavy atom. The van der Waals surface area contributed by atoms with E-state index in [4.69, 9.17) is 11.5 Å². The molecule has 0 aliphatic carbocycles. The number of carboxylic acids is 1. The standard InChI is InChI=1S/C31H42N6O6/c1-18(2)27(33)30(41)36-25(15-19-10-12-21(38)13-11-19)29(40)35-24(9-5-6-14-32)28(39)37-26(31(42)43)16-20-17-34-23-8-4-3-7-22(20)23/h3-4,7-8,10-13,17-18,24-27,34,38H,5-6,9,14-16,32-33H2,1-2H3,(H,35,40)(H,36,41)(H,37,39)(H,42,43). The number of nitrogens with two attached hydrogens (primary N) is 2. The van der Waals surface area contributed by atoms with E-state index in [9.17, 15) is 29.4 Å². The molecular weight excluding hydrogens is 552 g/mol. The molecule has 43 heavy (non-hydrogen) atoms. The molecule has 3 rings (SSSR count). The number of aromatic amines is 1. The van der Waals surface area contributed by atoms with Crippen LogP contribution in [0.15, 0.2) is 54.7 Å². The van der Waals surface area contributed by atoms with Gasteiger partial charge >= 0.3 is 5.97 Å². The zero-order chi connectivity index (χ0) is 31.5. The first kappa shape index (κ1) is 33.1. The molecule has 232 valence electrons. The monoisotopic (exact) mass is 594 g/mol. The van der Waals surface area contributed by atoms with Gasteiger partial charge in [0.1, 0.15) is 23.9 Å². The molecule has 3 aromatic rings. The second-order valence-electron chi connectivity index (χ2n) is 11.0. The molecule has 1 heterocycles. The number of carbonyl (C=O) groups is 4. The van der Waals surface area contributed by atoms with Gasteiger partial charge in [0.15, 0.2) is 0 Å². The fraction of sp³-hybridized carbons (Fsp3) is 0.419. The summed E-state index contributed by atoms with van der Waals surface area (Å²) in [5.41, 5.74) is 13.9. The lowest BCUT2D eigenvalue weighted by atomic mass is 10.0. The van der Waals surface area contributed by atoms with E-state index in [0.717, 1.165) is 16.5 Å². The normalized spacial score (nSPS) is 14.1. The van der Waals surface area contributed by atoms with E-state index in [2.05, 4.69) is 20.9 Å². The van der Waals surface area contributed by atoms with Crippen molar-refractivity contribution in [2.45, 2.75) is 70.1 Å². The van der Waals surface area contributed by atoms with E-state index >= 15 is 0 Å². The maximum absolute atomic E-state index is 13.6. The van der Waals surface area contributed by atoms with Crippen LogP contribution >= 0.6 is 0 Å². The summed E-state index contributed by atoms with van der Waals surface area (Å²) >= 11 is 0. The Hall–Kier alpha value is -4.42. The molecule has 0 fully saturated rings. The van der Waals surface area contributed by atoms with Crippen LogP contribution in [0.3, 0.4) is 0 Å². The summed E-state index contributed by atoms with van der Waals surface area (Å²) < 4.78 is 0. The first-order valence-corrected chi connectivity index (χ1v) is 14.4. The van der Waals surface area contributed by atoms with E-state index in [-0.39, 0.29) is 30.9 Å². The summed E-state index contributed by atoms with van der Waals surface area (Å²) in [6, 6.07) is 9.34. The lowest BCUT2D eigenvalue weighted by Crippen LogP contribution is -2.58. The van der Waals surface area contributed by atoms with Crippen LogP contribution in [0.25, 0.3) is 10.9 Å². The molecule has 4 unspecified atom stereocenters. The van der Waals surface area contributed by atoms with Gasteiger partial charge in [-0.1, -0.05) is 44.2 Å². The van der Waals surface area contributed by atoms with E-state index in [0.29, 0.717) is 24.9 Å². The fourth-order valence-electron chi connectivity index (χ4n) is 4.67. The highest BCUT2D eigenvalue weighted by atomic mass is 16.4. The summed E-state index contributed by atoms with van der Waals surface area (Å²) in [5, 5.41) is 28.4. The van der Waals surface area contributed by atoms with Gasteiger partial charge in [-0.15, -0.1) is 0 Å². The number of aromatic nitrogens is 1. The fourth-order valence-corrected chi connectivity index (χ4v) is 4.67. The quantitative estimate of drug-likeness (QED) is 0.113. The number of phenols is 1. The van der Waals surface area contributed by atoms with Gasteiger partial charge in [0.2, 0.25) is 17.7 Å². The Morgan fingerprint density at radius 2 is 1.47 bits per heavy atom. The molecule has 3 amide bonds. The third-order valence-electron chi connectivity index (χ3n) is 7.32. The third kappa shape index (κ3) is 9.55. The smallest absolute Gasteiger partial charge is 0.326 e. The minimum Gasteiger partial charge on any atom is -0.508 e. The van der Waals surface area contributed by atoms with Crippen molar-refractivity contribution in [3.05, 3.63) is 65.9 Å². The molecule has 4 atom stereocenters. The zero-order valence-electron chi connectivity index (χ0n) is 24.5. The minimum atomic E-state index is -1.25. The van der Waals surface area contributed by atoms with E-state index < -0.39 is 47.9 Å². The van der Waals surface area contributed by atoms with Gasteiger partial charge in [-0.25, -0.2) is 4.79 Å². The topological polar surface area (TPSA) is 213 Å². The number of carboxylic acid groups (broad SMARTS) is 1. The number of unbranched alkanes of at least 4 members (excludes halogenated alkanes) is 1. The van der Waals surface area contributed by atoms with Crippen LogP contribution in [-0.2, 0) is 32.0 Å². The summed E-state index contributed by atoms with van der Waals surface area (Å²) in [7, 11) is 0. The van der Waals surface area contributed by atoms with Crippen LogP contribution in [0, 0.1) is 5.92 Å². The number of nitrogens with one attached hydrogen (secondary N) is 4. The highest BCUT2D eigenvalue weighted by Crippen LogP contribution is 2.19. The van der Waals surface area contributed by atoms with E-state index in [1.54, 1.807) is 32.2 Å². The van der Waals surface area contributed by atoms with Gasteiger partial charge in [0, 0.05) is 29.9 Å². The molecule has 0 aliphatic heterocycles. The number of H-pyrrole nitrogens is 1. The molecule has 0 aliphatic rings. The second-order valence-corrected chi connectivity index (χ2v) is 11.0. The molecule has 0 saturated carbocycles. The lowest BCUT2D eigenvalue weighted by molar-refractivity contribution is -0.142. The number of hydrogen-bond acceptors (Lipinski definition) is 7. The molecule has 0 saturated heterocycles. The zero-order valence-corrected chi connectivity index (χ0v) is 24.5. The Bertz CT molecular complexity index is 1390. The second kappa shape index (κ2) is 15.7. The summed E-state index contributed by atoms with van der Waals surface area (Å²) in [6.07, 6.45) is 3.11. The van der Waals surface area contributed by atoms with Gasteiger partial charge in [0.05, 0.1) is 6.04 Å². The molecule has 12 nitrogen and oxygen atoms in total. The average molecular weight is 595 g/mol. The third-order valence-corrected chi connectivity index (χ3v) is 7.32. The SMILES string of the molecule is CC(C)C(N)C(=O)NC(Cc1ccc(O)cc1)C(=O)NC(CCCCN)C(=O)NC(Cc1c[nH]c2ccccc12)C(=O)O. The number of fused-ring (bicyclic) bond motifs is 1. The largest absolute Gasteiger partial charge is 0.508 e. The number of para-hydroxylation sites is 1. The van der Waals surface area contributed by atoms with Gasteiger partial charge in [0.25, 0.3) is 0 Å². The number of amides is 3. The number of phenolic OH excluding ortho intramolecular Hbond substituents is 1. The summed E-state index contributed by atoms with van der Waals surface area (Å²) in [6.45, 7) is 3.95. The van der Waals surface area contributed by atoms with Crippen LogP contribution < -0.4 is 27.4 Å². The molecule has 0 radical (unpaired) electrons. The Kier molecular flexibility index (Phi) is 12.1. The number of carbonyl (C=O) groups excluding carboxylic acids is 3. The van der Waals surface area contributed by atoms with E-state index in [1.807, 2.05) is 24.3 Å². The van der Waals surface area contributed by atoms with Crippen molar-refractivity contribution in [1.29, 1.82) is 0 Å². The molecule has 1 aromatic heterocycles. The lowest BCUT2D eigenvalue weighted by Gasteiger charge is -2.26. The molecule has 12 heteroatoms. The van der Waals surface area contributed by atoms with Gasteiger partial charge in [-0.05, 0) is 61.1 Å². The maximum Gasteiger partial charge on any atom is 0.326 e. The average Bonchev–Trinajstić information content (AvgIpc) is 3.39. The predicted octanol–water partition coefficient (Wildman–Crippen LogP) is 1.31. The maximum atomic E-state index is 13.6. The van der Waals surface area contributed by atoms with Crippen molar-refractivity contribution in [1.82, 2.24) is 20.9 Å². The summed E-state index contributed by atoms with van der Waals surface area (Å²) in [4.78, 5) is 55.1. The van der Waals surface area contributed by atoms with Crippen LogP contribution in [-0.4, -0.2) is 69.6 Å². The van der Waals surface area contributed by atoms with Gasteiger partial charge in [-0.3, -0.25) is 14.4 Å². The number of hydrogen-bond donors (Lipinski definition) is 8. The van der Waals surface area contributed by atoms with Crippen molar-refractivity contribution >= 4 is 34.6 Å². The van der Waals surface area contributed by atoms with Crippen molar-refractivity contribution in [2.75, 3.05) is 6.54 Å². The first-order valence-electron chi connectivity index (χ1n) is 14.4. The highest BCUT2D eigenvalue weighted by molar-refractivity contribution is 5.94. The number of aliphatic carboxylic acids is 1. The van der Waals surface area contributed by atoms with Crippen LogP contribution in [0.5, 0.6) is 5.75 Å². The Balaban J connectivity index is 1.80. The molecule has 2 aromatic carbocycles. The highest BCUT2D eigenvalue weighted by Gasteiger charge is 2.31. The van der Waals surface area contributed by atoms with Crippen molar-refractivity contribution < 1.29 is 29.4 Å². The van der Waals surface area contributed by atoms with Crippen molar-refractivity contribution in [2.24, 2.45) is 17.4 Å². The molecule has 0 bridgehead atoms. The summed E-state index contributed by atoms with van der Waals surface area (Å²) in [5.74, 6) is -3.17. The number of rotatable bonds is 16. The van der Waals surface area contributed by atoms with Crippen molar-refractivity contribution in [3.8, 4) is 5.75 Å². The number of benzene rings is 2. The van der Waals surface area contributed by atoms with Crippen LogP contribution in [0.1, 0.15) is 44.2 Å². The number of aromatic hydroxyl groups is 1. The van der Waals surface area contributed by atoms with E-state index in [1.165, 1.54) is 12.1 Å². The Labute approximate surface area is 250 Å². The van der Waals surface area contributed by atoms with Gasteiger partial charge in [-0.2, -0.15) is 0 Å². The molecular formula is C31H42N6O6. The molecule has 0 spiro atoms. The van der Waals surface area contributed by atoms with Crippen molar-refractivity contribution in [3.63, 3.8) is 0 Å². The minimum absolute atomic E-state index is 0.0289. The van der Waals surface area contributed by atoms with Gasteiger partial charge < -0.3 is 42.6 Å².